The number of carbonyl (C=O) groups excluding carboxylic acids is 1. The lowest BCUT2D eigenvalue weighted by atomic mass is 10.2. The van der Waals surface area contributed by atoms with Gasteiger partial charge >= 0.3 is 0 Å². The van der Waals surface area contributed by atoms with Crippen molar-refractivity contribution in [1.82, 2.24) is 9.21 Å². The number of hydrogen-bond acceptors (Lipinski definition) is 5. The Labute approximate surface area is 146 Å². The summed E-state index contributed by atoms with van der Waals surface area (Å²) >= 11 is 0. The molecule has 0 N–H and O–H groups in total. The van der Waals surface area contributed by atoms with Crippen LogP contribution in [0.25, 0.3) is 0 Å². The van der Waals surface area contributed by atoms with E-state index in [1.165, 1.54) is 28.6 Å². The summed E-state index contributed by atoms with van der Waals surface area (Å²) < 4.78 is 26.7. The van der Waals surface area contributed by atoms with Crippen molar-refractivity contribution in [3.8, 4) is 0 Å². The minimum atomic E-state index is -3.98. The van der Waals surface area contributed by atoms with E-state index in [9.17, 15) is 23.3 Å². The summed E-state index contributed by atoms with van der Waals surface area (Å²) in [5.74, 6) is -0.107. The van der Waals surface area contributed by atoms with Gasteiger partial charge in [0.05, 0.1) is 4.92 Å². The van der Waals surface area contributed by atoms with E-state index in [0.717, 1.165) is 6.42 Å². The highest BCUT2D eigenvalue weighted by Crippen LogP contribution is 2.27. The van der Waals surface area contributed by atoms with E-state index < -0.39 is 20.6 Å². The maximum Gasteiger partial charge on any atom is 0.289 e. The van der Waals surface area contributed by atoms with Crippen LogP contribution in [0.2, 0.25) is 0 Å². The van der Waals surface area contributed by atoms with Crippen molar-refractivity contribution in [3.63, 3.8) is 0 Å². The smallest absolute Gasteiger partial charge is 0.289 e. The van der Waals surface area contributed by atoms with Crippen molar-refractivity contribution in [2.45, 2.75) is 25.2 Å². The van der Waals surface area contributed by atoms with E-state index in [1.54, 1.807) is 11.8 Å². The Morgan fingerprint density at radius 3 is 2.40 bits per heavy atom. The van der Waals surface area contributed by atoms with Crippen molar-refractivity contribution in [1.29, 1.82) is 0 Å². The van der Waals surface area contributed by atoms with Crippen LogP contribution in [0.1, 0.15) is 20.3 Å². The number of piperazine rings is 1. The number of benzene rings is 1. The minimum Gasteiger partial charge on any atom is -0.336 e. The zero-order chi connectivity index (χ0) is 18.6. The van der Waals surface area contributed by atoms with Crippen LogP contribution >= 0.6 is 0 Å². The highest BCUT2D eigenvalue weighted by Gasteiger charge is 2.34. The summed E-state index contributed by atoms with van der Waals surface area (Å²) in [4.78, 5) is 23.9. The van der Waals surface area contributed by atoms with E-state index in [1.807, 2.05) is 13.0 Å². The van der Waals surface area contributed by atoms with Crippen LogP contribution in [-0.4, -0.2) is 54.6 Å². The predicted octanol–water partition coefficient (Wildman–Crippen LogP) is 1.78. The summed E-state index contributed by atoms with van der Waals surface area (Å²) in [6.45, 7) is 4.41. The van der Waals surface area contributed by atoms with Gasteiger partial charge in [-0.1, -0.05) is 25.1 Å². The van der Waals surface area contributed by atoms with Crippen LogP contribution in [-0.2, 0) is 14.8 Å². The zero-order valence-corrected chi connectivity index (χ0v) is 15.0. The first-order chi connectivity index (χ1) is 11.8. The molecule has 0 unspecified atom stereocenters. The molecule has 1 aromatic rings. The predicted molar refractivity (Wildman–Crippen MR) is 92.5 cm³/mol. The Balaban J connectivity index is 2.16. The molecule has 1 heterocycles. The van der Waals surface area contributed by atoms with E-state index >= 15 is 0 Å². The molecule has 9 heteroatoms. The molecule has 0 aromatic heterocycles. The molecule has 136 valence electrons. The molecule has 1 aliphatic heterocycles. The topological polar surface area (TPSA) is 101 Å². The molecule has 1 amide bonds. The second kappa shape index (κ2) is 7.75. The number of allylic oxidation sites excluding steroid dienone is 1. The fourth-order valence-corrected chi connectivity index (χ4v) is 4.32. The van der Waals surface area contributed by atoms with Crippen LogP contribution in [0.4, 0.5) is 5.69 Å². The number of nitrogens with zero attached hydrogens (tertiary/aromatic N) is 3. The van der Waals surface area contributed by atoms with Crippen LogP contribution in [0.3, 0.4) is 0 Å². The number of para-hydroxylation sites is 1. The Kier molecular flexibility index (Phi) is 5.91. The van der Waals surface area contributed by atoms with Crippen LogP contribution < -0.4 is 0 Å². The Bertz CT molecular complexity index is 796. The molecule has 1 aromatic carbocycles. The summed E-state index contributed by atoms with van der Waals surface area (Å²) in [5, 5.41) is 11.1. The molecule has 25 heavy (non-hydrogen) atoms. The highest BCUT2D eigenvalue weighted by atomic mass is 32.2. The van der Waals surface area contributed by atoms with Gasteiger partial charge in [0.25, 0.3) is 5.69 Å². The maximum atomic E-state index is 12.7. The molecule has 8 nitrogen and oxygen atoms in total. The van der Waals surface area contributed by atoms with Crippen molar-refractivity contribution < 1.29 is 18.1 Å². The Morgan fingerprint density at radius 1 is 1.24 bits per heavy atom. The molecule has 1 saturated heterocycles. The van der Waals surface area contributed by atoms with Gasteiger partial charge in [0.15, 0.2) is 4.90 Å². The number of nitro benzene ring substituents is 1. The first kappa shape index (κ1) is 19.1. The van der Waals surface area contributed by atoms with E-state index in [4.69, 9.17) is 0 Å². The SMILES string of the molecule is CC/C=C(/C)C(=O)N1CCN(S(=O)(=O)c2ccccc2[N+](=O)[O-])CC1. The van der Waals surface area contributed by atoms with Gasteiger partial charge in [0.2, 0.25) is 15.9 Å². The zero-order valence-electron chi connectivity index (χ0n) is 14.2. The second-order valence-electron chi connectivity index (χ2n) is 5.72. The van der Waals surface area contributed by atoms with Crippen molar-refractivity contribution >= 4 is 21.6 Å². The average molecular weight is 367 g/mol. The van der Waals surface area contributed by atoms with Crippen LogP contribution in [0, 0.1) is 10.1 Å². The highest BCUT2D eigenvalue weighted by molar-refractivity contribution is 7.89. The molecular formula is C16H21N3O5S. The van der Waals surface area contributed by atoms with Crippen molar-refractivity contribution in [2.24, 2.45) is 0 Å². The molecule has 2 rings (SSSR count). The van der Waals surface area contributed by atoms with Gasteiger partial charge in [-0.3, -0.25) is 14.9 Å². The van der Waals surface area contributed by atoms with Gasteiger partial charge in [0, 0.05) is 37.8 Å². The third-order valence-corrected chi connectivity index (χ3v) is 6.00. The molecule has 0 aliphatic carbocycles. The number of rotatable bonds is 5. The summed E-state index contributed by atoms with van der Waals surface area (Å²) in [6.07, 6.45) is 2.59. The maximum absolute atomic E-state index is 12.7. The van der Waals surface area contributed by atoms with E-state index in [0.29, 0.717) is 5.57 Å². The van der Waals surface area contributed by atoms with Gasteiger partial charge in [-0.2, -0.15) is 4.31 Å². The van der Waals surface area contributed by atoms with E-state index in [2.05, 4.69) is 0 Å². The third-order valence-electron chi connectivity index (χ3n) is 4.05. The average Bonchev–Trinajstić information content (AvgIpc) is 2.61. The molecule has 0 bridgehead atoms. The van der Waals surface area contributed by atoms with Gasteiger partial charge in [-0.05, 0) is 19.4 Å². The van der Waals surface area contributed by atoms with Crippen molar-refractivity contribution in [2.75, 3.05) is 26.2 Å². The largest absolute Gasteiger partial charge is 0.336 e. The number of amides is 1. The molecule has 0 spiro atoms. The number of nitro groups is 1. The molecule has 0 radical (unpaired) electrons. The quantitative estimate of drug-likeness (QED) is 0.449. The number of sulfonamides is 1. The molecule has 0 saturated carbocycles. The first-order valence-electron chi connectivity index (χ1n) is 7.98. The first-order valence-corrected chi connectivity index (χ1v) is 9.42. The minimum absolute atomic E-state index is 0.107. The molecular weight excluding hydrogens is 346 g/mol. The fraction of sp³-hybridized carbons (Fsp3) is 0.438. The van der Waals surface area contributed by atoms with E-state index in [-0.39, 0.29) is 37.0 Å². The third kappa shape index (κ3) is 4.05. The number of carbonyl (C=O) groups is 1. The van der Waals surface area contributed by atoms with Crippen LogP contribution in [0.15, 0.2) is 40.8 Å². The normalized spacial score (nSPS) is 16.7. The Hall–Kier alpha value is -2.26. The number of hydrogen-bond donors (Lipinski definition) is 0. The lowest BCUT2D eigenvalue weighted by molar-refractivity contribution is -0.387. The van der Waals surface area contributed by atoms with Crippen LogP contribution in [0.5, 0.6) is 0 Å². The lowest BCUT2D eigenvalue weighted by Crippen LogP contribution is -2.50. The van der Waals surface area contributed by atoms with Gasteiger partial charge < -0.3 is 4.90 Å². The Morgan fingerprint density at radius 2 is 1.84 bits per heavy atom. The molecule has 1 fully saturated rings. The van der Waals surface area contributed by atoms with Gasteiger partial charge in [0.1, 0.15) is 0 Å². The monoisotopic (exact) mass is 367 g/mol. The lowest BCUT2D eigenvalue weighted by Gasteiger charge is -2.34. The summed E-state index contributed by atoms with van der Waals surface area (Å²) in [5.41, 5.74) is 0.195. The van der Waals surface area contributed by atoms with Gasteiger partial charge in [-0.25, -0.2) is 8.42 Å². The molecule has 0 atom stereocenters. The second-order valence-corrected chi connectivity index (χ2v) is 7.62. The van der Waals surface area contributed by atoms with Crippen molar-refractivity contribution in [3.05, 3.63) is 46.0 Å². The standard InChI is InChI=1S/C16H21N3O5S/c1-3-6-13(2)16(20)17-9-11-18(12-10-17)25(23,24)15-8-5-4-7-14(15)19(21)22/h4-8H,3,9-12H2,1-2H3/b13-6-. The fourth-order valence-electron chi connectivity index (χ4n) is 2.74. The molecule has 1 aliphatic rings. The summed E-state index contributed by atoms with van der Waals surface area (Å²) in [7, 11) is -3.98. The van der Waals surface area contributed by atoms with Gasteiger partial charge in [-0.15, -0.1) is 0 Å². The summed E-state index contributed by atoms with van der Waals surface area (Å²) in [6, 6.07) is 5.29.